The number of hydrogen-bond donors (Lipinski definition) is 0. The summed E-state index contributed by atoms with van der Waals surface area (Å²) in [6, 6.07) is 16.0. The molecule has 0 radical (unpaired) electrons. The zero-order valence-electron chi connectivity index (χ0n) is 15.9. The summed E-state index contributed by atoms with van der Waals surface area (Å²) in [5.74, 6) is 1.14. The Balaban J connectivity index is 1.46. The van der Waals surface area contributed by atoms with E-state index >= 15 is 0 Å². The predicted octanol–water partition coefficient (Wildman–Crippen LogP) is 3.49. The van der Waals surface area contributed by atoms with Crippen LogP contribution in [-0.4, -0.2) is 36.0 Å². The van der Waals surface area contributed by atoms with E-state index in [1.165, 1.54) is 16.4 Å². The Hall–Kier alpha value is -3.02. The van der Waals surface area contributed by atoms with E-state index in [1.807, 2.05) is 37.3 Å². The Morgan fingerprint density at radius 3 is 2.62 bits per heavy atom. The summed E-state index contributed by atoms with van der Waals surface area (Å²) in [7, 11) is -3.62. The number of hydrogen-bond acceptors (Lipinski definition) is 6. The first-order valence-electron chi connectivity index (χ1n) is 9.38. The zero-order chi connectivity index (χ0) is 20.4. The number of aromatic nitrogens is 2. The summed E-state index contributed by atoms with van der Waals surface area (Å²) < 4.78 is 32.7. The molecule has 2 aromatic carbocycles. The van der Waals surface area contributed by atoms with Crippen LogP contribution >= 0.6 is 0 Å². The summed E-state index contributed by atoms with van der Waals surface area (Å²) in [6.45, 7) is 2.75. The van der Waals surface area contributed by atoms with Gasteiger partial charge in [-0.2, -0.15) is 14.6 Å². The van der Waals surface area contributed by atoms with Gasteiger partial charge >= 0.3 is 0 Å². The Bertz CT molecular complexity index is 1170. The lowest BCUT2D eigenvalue weighted by atomic mass is 9.97. The topological polar surface area (TPSA) is 100 Å². The van der Waals surface area contributed by atoms with Gasteiger partial charge in [0.25, 0.3) is 5.89 Å². The van der Waals surface area contributed by atoms with Gasteiger partial charge in [-0.3, -0.25) is 0 Å². The van der Waals surface area contributed by atoms with Crippen LogP contribution in [0.25, 0.3) is 11.5 Å². The molecular formula is C21H20N4O3S. The number of nitrogens with zero attached hydrogens (tertiary/aromatic N) is 4. The van der Waals surface area contributed by atoms with Gasteiger partial charge in [-0.1, -0.05) is 28.9 Å². The smallest absolute Gasteiger partial charge is 0.257 e. The summed E-state index contributed by atoms with van der Waals surface area (Å²) in [5, 5.41) is 13.1. The molecule has 0 aliphatic carbocycles. The Kier molecular flexibility index (Phi) is 5.18. The quantitative estimate of drug-likeness (QED) is 0.655. The third-order valence-corrected chi connectivity index (χ3v) is 7.02. The molecule has 1 aliphatic rings. The second kappa shape index (κ2) is 7.78. The van der Waals surface area contributed by atoms with Crippen LogP contribution in [0.3, 0.4) is 0 Å². The van der Waals surface area contributed by atoms with Gasteiger partial charge in [-0.15, -0.1) is 0 Å². The molecule has 0 unspecified atom stereocenters. The van der Waals surface area contributed by atoms with Crippen LogP contribution < -0.4 is 0 Å². The second-order valence-electron chi connectivity index (χ2n) is 7.15. The fraction of sp³-hybridized carbons (Fsp3) is 0.286. The van der Waals surface area contributed by atoms with Crippen molar-refractivity contribution in [2.75, 3.05) is 13.1 Å². The lowest BCUT2D eigenvalue weighted by molar-refractivity contribution is 0.307. The molecule has 0 saturated carbocycles. The van der Waals surface area contributed by atoms with Crippen LogP contribution in [0.5, 0.6) is 0 Å². The third-order valence-electron chi connectivity index (χ3n) is 5.13. The maximum Gasteiger partial charge on any atom is 0.257 e. The lowest BCUT2D eigenvalue weighted by Gasteiger charge is -2.29. The number of sulfonamides is 1. The van der Waals surface area contributed by atoms with E-state index in [1.54, 1.807) is 12.1 Å². The molecule has 7 nitrogen and oxygen atoms in total. The average molecular weight is 408 g/mol. The fourth-order valence-corrected chi connectivity index (χ4v) is 5.04. The highest BCUT2D eigenvalue weighted by molar-refractivity contribution is 7.89. The van der Waals surface area contributed by atoms with Crippen molar-refractivity contribution in [3.63, 3.8) is 0 Å². The summed E-state index contributed by atoms with van der Waals surface area (Å²) in [4.78, 5) is 4.68. The maximum atomic E-state index is 12.9. The van der Waals surface area contributed by atoms with E-state index in [2.05, 4.69) is 10.1 Å². The van der Waals surface area contributed by atoms with E-state index in [0.29, 0.717) is 43.2 Å². The SMILES string of the molecule is Cc1cccc(-c2nc(C3CCN(S(=O)(=O)c4cccc(C#N)c4)CC3)no2)c1. The molecule has 29 heavy (non-hydrogen) atoms. The first-order chi connectivity index (χ1) is 14.0. The minimum absolute atomic E-state index is 0.0502. The summed E-state index contributed by atoms with van der Waals surface area (Å²) >= 11 is 0. The fourth-order valence-electron chi connectivity index (χ4n) is 3.53. The molecule has 8 heteroatoms. The molecule has 0 atom stereocenters. The monoisotopic (exact) mass is 408 g/mol. The highest BCUT2D eigenvalue weighted by atomic mass is 32.2. The summed E-state index contributed by atoms with van der Waals surface area (Å²) in [5.41, 5.74) is 2.32. The van der Waals surface area contributed by atoms with Crippen molar-refractivity contribution in [3.05, 3.63) is 65.5 Å². The molecule has 3 aromatic rings. The molecular weight excluding hydrogens is 388 g/mol. The van der Waals surface area contributed by atoms with Crippen molar-refractivity contribution in [1.29, 1.82) is 5.26 Å². The third kappa shape index (κ3) is 3.92. The minimum Gasteiger partial charge on any atom is -0.334 e. The Morgan fingerprint density at radius 2 is 1.90 bits per heavy atom. The van der Waals surface area contributed by atoms with Crippen molar-refractivity contribution < 1.29 is 12.9 Å². The number of nitriles is 1. The number of rotatable bonds is 4. The van der Waals surface area contributed by atoms with Crippen LogP contribution in [0, 0.1) is 18.3 Å². The van der Waals surface area contributed by atoms with Gasteiger partial charge in [0.1, 0.15) is 0 Å². The van der Waals surface area contributed by atoms with Crippen molar-refractivity contribution >= 4 is 10.0 Å². The van der Waals surface area contributed by atoms with Gasteiger partial charge in [-0.25, -0.2) is 8.42 Å². The molecule has 0 spiro atoms. The molecule has 0 N–H and O–H groups in total. The highest BCUT2D eigenvalue weighted by Gasteiger charge is 2.32. The average Bonchev–Trinajstić information content (AvgIpc) is 3.24. The van der Waals surface area contributed by atoms with Gasteiger partial charge in [0, 0.05) is 24.6 Å². The maximum absolute atomic E-state index is 12.9. The van der Waals surface area contributed by atoms with Crippen LogP contribution in [0.2, 0.25) is 0 Å². The molecule has 0 amide bonds. The van der Waals surface area contributed by atoms with Crippen molar-refractivity contribution in [3.8, 4) is 17.5 Å². The largest absolute Gasteiger partial charge is 0.334 e. The van der Waals surface area contributed by atoms with Gasteiger partial charge in [0.15, 0.2) is 5.82 Å². The van der Waals surface area contributed by atoms with E-state index in [-0.39, 0.29) is 10.8 Å². The van der Waals surface area contributed by atoms with Crippen molar-refractivity contribution in [2.45, 2.75) is 30.6 Å². The molecule has 1 aliphatic heterocycles. The van der Waals surface area contributed by atoms with Crippen molar-refractivity contribution in [1.82, 2.24) is 14.4 Å². The highest BCUT2D eigenvalue weighted by Crippen LogP contribution is 2.30. The van der Waals surface area contributed by atoms with Crippen LogP contribution in [0.1, 0.15) is 35.7 Å². The van der Waals surface area contributed by atoms with Crippen LogP contribution in [0.4, 0.5) is 0 Å². The molecule has 2 heterocycles. The van der Waals surface area contributed by atoms with E-state index in [4.69, 9.17) is 9.78 Å². The number of aryl methyl sites for hydroxylation is 1. The first kappa shape index (κ1) is 19.3. The predicted molar refractivity (Wildman–Crippen MR) is 106 cm³/mol. The minimum atomic E-state index is -3.62. The van der Waals surface area contributed by atoms with Gasteiger partial charge in [0.2, 0.25) is 10.0 Å². The van der Waals surface area contributed by atoms with Gasteiger partial charge in [0.05, 0.1) is 16.5 Å². The first-order valence-corrected chi connectivity index (χ1v) is 10.8. The van der Waals surface area contributed by atoms with Gasteiger partial charge < -0.3 is 4.52 Å². The van der Waals surface area contributed by atoms with E-state index in [0.717, 1.165) is 11.1 Å². The Labute approximate surface area is 169 Å². The lowest BCUT2D eigenvalue weighted by Crippen LogP contribution is -2.38. The summed E-state index contributed by atoms with van der Waals surface area (Å²) in [6.07, 6.45) is 1.23. The zero-order valence-corrected chi connectivity index (χ0v) is 16.8. The molecule has 1 saturated heterocycles. The molecule has 4 rings (SSSR count). The van der Waals surface area contributed by atoms with Crippen molar-refractivity contribution in [2.24, 2.45) is 0 Å². The van der Waals surface area contributed by atoms with Crippen LogP contribution in [0.15, 0.2) is 57.9 Å². The van der Waals surface area contributed by atoms with E-state index < -0.39 is 10.0 Å². The molecule has 1 fully saturated rings. The van der Waals surface area contributed by atoms with E-state index in [9.17, 15) is 8.42 Å². The molecule has 1 aromatic heterocycles. The van der Waals surface area contributed by atoms with Crippen LogP contribution in [-0.2, 0) is 10.0 Å². The number of piperidine rings is 1. The molecule has 148 valence electrons. The van der Waals surface area contributed by atoms with Gasteiger partial charge in [-0.05, 0) is 50.1 Å². The second-order valence-corrected chi connectivity index (χ2v) is 9.08. The Morgan fingerprint density at radius 1 is 1.14 bits per heavy atom. The normalized spacial score (nSPS) is 15.9. The standard InChI is InChI=1S/C21H20N4O3S/c1-15-4-2-6-18(12-15)21-23-20(24-28-21)17-8-10-25(11-9-17)29(26,27)19-7-3-5-16(13-19)14-22/h2-7,12-13,17H,8-11H2,1H3. The molecule has 0 bridgehead atoms. The number of benzene rings is 2.